The molecule has 96 valence electrons. The van der Waals surface area contributed by atoms with Crippen molar-refractivity contribution in [2.24, 2.45) is 0 Å². The molecule has 0 amide bonds. The monoisotopic (exact) mass is 284 g/mol. The van der Waals surface area contributed by atoms with Crippen molar-refractivity contribution >= 4 is 22.9 Å². The third kappa shape index (κ3) is 2.32. The average molecular weight is 285 g/mol. The fourth-order valence-corrected chi connectivity index (χ4v) is 2.74. The lowest BCUT2D eigenvalue weighted by Crippen LogP contribution is -2.01. The van der Waals surface area contributed by atoms with E-state index in [4.69, 9.17) is 21.1 Å². The summed E-state index contributed by atoms with van der Waals surface area (Å²) in [5.74, 6) is 0.981. The fraction of sp³-hybridized carbons (Fsp3) is 0.231. The van der Waals surface area contributed by atoms with Crippen LogP contribution < -0.4 is 9.47 Å². The SMILES string of the molecule is COc1ccc(C(O)c2ccsc2)c(Cl)c1OC. The Balaban J connectivity index is 2.46. The number of rotatable bonds is 4. The van der Waals surface area contributed by atoms with Gasteiger partial charge in [-0.3, -0.25) is 0 Å². The Morgan fingerprint density at radius 3 is 2.56 bits per heavy atom. The predicted octanol–water partition coefficient (Wildman–Crippen LogP) is 3.50. The van der Waals surface area contributed by atoms with E-state index in [2.05, 4.69) is 0 Å². The molecule has 0 spiro atoms. The molecular formula is C13H13ClO3S. The minimum atomic E-state index is -0.761. The summed E-state index contributed by atoms with van der Waals surface area (Å²) in [5.41, 5.74) is 1.42. The lowest BCUT2D eigenvalue weighted by Gasteiger charge is -2.16. The first kappa shape index (κ1) is 13.2. The second-order valence-electron chi connectivity index (χ2n) is 3.66. The van der Waals surface area contributed by atoms with Crippen LogP contribution in [0.4, 0.5) is 0 Å². The Labute approximate surface area is 115 Å². The van der Waals surface area contributed by atoms with Gasteiger partial charge in [-0.1, -0.05) is 17.7 Å². The zero-order valence-corrected chi connectivity index (χ0v) is 11.6. The zero-order chi connectivity index (χ0) is 13.1. The summed E-state index contributed by atoms with van der Waals surface area (Å²) < 4.78 is 10.4. The molecule has 5 heteroatoms. The minimum absolute atomic E-state index is 0.371. The van der Waals surface area contributed by atoms with Crippen LogP contribution in [0.1, 0.15) is 17.2 Å². The van der Waals surface area contributed by atoms with Crippen molar-refractivity contribution in [1.82, 2.24) is 0 Å². The molecular weight excluding hydrogens is 272 g/mol. The molecule has 1 aromatic carbocycles. The summed E-state index contributed by atoms with van der Waals surface area (Å²) >= 11 is 7.77. The summed E-state index contributed by atoms with van der Waals surface area (Å²) in [6.07, 6.45) is -0.761. The number of benzene rings is 1. The Morgan fingerprint density at radius 2 is 2.00 bits per heavy atom. The van der Waals surface area contributed by atoms with Crippen molar-refractivity contribution in [3.8, 4) is 11.5 Å². The van der Waals surface area contributed by atoms with E-state index in [0.717, 1.165) is 5.56 Å². The topological polar surface area (TPSA) is 38.7 Å². The van der Waals surface area contributed by atoms with Gasteiger partial charge in [-0.25, -0.2) is 0 Å². The van der Waals surface area contributed by atoms with Crippen LogP contribution in [0.25, 0.3) is 0 Å². The number of aliphatic hydroxyl groups is 1. The molecule has 1 N–H and O–H groups in total. The van der Waals surface area contributed by atoms with Gasteiger partial charge in [0.05, 0.1) is 19.2 Å². The van der Waals surface area contributed by atoms with Gasteiger partial charge in [-0.05, 0) is 28.5 Å². The molecule has 0 bridgehead atoms. The highest BCUT2D eigenvalue weighted by Crippen LogP contribution is 2.41. The van der Waals surface area contributed by atoms with Gasteiger partial charge >= 0.3 is 0 Å². The van der Waals surface area contributed by atoms with Crippen LogP contribution in [0.2, 0.25) is 5.02 Å². The highest BCUT2D eigenvalue weighted by Gasteiger charge is 2.19. The number of thiophene rings is 1. The molecule has 0 radical (unpaired) electrons. The molecule has 1 aromatic heterocycles. The van der Waals surface area contributed by atoms with Crippen molar-refractivity contribution in [1.29, 1.82) is 0 Å². The van der Waals surface area contributed by atoms with Gasteiger partial charge in [-0.15, -0.1) is 0 Å². The standard InChI is InChI=1S/C13H13ClO3S/c1-16-10-4-3-9(11(14)13(10)17-2)12(15)8-5-6-18-7-8/h3-7,12,15H,1-2H3. The van der Waals surface area contributed by atoms with Crippen molar-refractivity contribution in [2.75, 3.05) is 14.2 Å². The van der Waals surface area contributed by atoms with Crippen LogP contribution in [0.3, 0.4) is 0 Å². The first-order valence-electron chi connectivity index (χ1n) is 5.29. The summed E-state index contributed by atoms with van der Waals surface area (Å²) in [6.45, 7) is 0. The first-order valence-corrected chi connectivity index (χ1v) is 6.61. The molecule has 1 unspecified atom stereocenters. The molecule has 0 aliphatic heterocycles. The lowest BCUT2D eigenvalue weighted by atomic mass is 10.0. The molecule has 0 aliphatic carbocycles. The minimum Gasteiger partial charge on any atom is -0.493 e. The van der Waals surface area contributed by atoms with E-state index in [9.17, 15) is 5.11 Å². The van der Waals surface area contributed by atoms with Gasteiger partial charge in [0.2, 0.25) is 0 Å². The first-order chi connectivity index (χ1) is 8.69. The molecule has 2 aromatic rings. The van der Waals surface area contributed by atoms with E-state index in [1.54, 1.807) is 19.2 Å². The zero-order valence-electron chi connectivity index (χ0n) is 10.0. The summed E-state index contributed by atoms with van der Waals surface area (Å²) in [4.78, 5) is 0. The van der Waals surface area contributed by atoms with E-state index in [1.165, 1.54) is 18.4 Å². The number of ether oxygens (including phenoxy) is 2. The van der Waals surface area contributed by atoms with Crippen LogP contribution in [0.15, 0.2) is 29.0 Å². The van der Waals surface area contributed by atoms with Crippen LogP contribution in [-0.2, 0) is 0 Å². The second-order valence-corrected chi connectivity index (χ2v) is 4.82. The Bertz CT molecular complexity index is 525. The molecule has 1 heterocycles. The predicted molar refractivity (Wildman–Crippen MR) is 72.9 cm³/mol. The van der Waals surface area contributed by atoms with Crippen LogP contribution in [0.5, 0.6) is 11.5 Å². The quantitative estimate of drug-likeness (QED) is 0.934. The van der Waals surface area contributed by atoms with Gasteiger partial charge in [0.25, 0.3) is 0 Å². The number of aliphatic hydroxyl groups excluding tert-OH is 1. The molecule has 1 atom stereocenters. The fourth-order valence-electron chi connectivity index (χ4n) is 1.73. The largest absolute Gasteiger partial charge is 0.493 e. The Morgan fingerprint density at radius 1 is 1.22 bits per heavy atom. The van der Waals surface area contributed by atoms with Gasteiger partial charge in [0.1, 0.15) is 6.10 Å². The van der Waals surface area contributed by atoms with E-state index in [0.29, 0.717) is 22.1 Å². The number of halogens is 1. The number of hydrogen-bond acceptors (Lipinski definition) is 4. The number of methoxy groups -OCH3 is 2. The van der Waals surface area contributed by atoms with Crippen LogP contribution in [-0.4, -0.2) is 19.3 Å². The maximum atomic E-state index is 10.3. The average Bonchev–Trinajstić information content (AvgIpc) is 2.91. The van der Waals surface area contributed by atoms with E-state index in [1.807, 2.05) is 16.8 Å². The van der Waals surface area contributed by atoms with Crippen molar-refractivity contribution < 1.29 is 14.6 Å². The van der Waals surface area contributed by atoms with Gasteiger partial charge in [-0.2, -0.15) is 11.3 Å². The third-order valence-corrected chi connectivity index (χ3v) is 3.76. The molecule has 18 heavy (non-hydrogen) atoms. The molecule has 2 rings (SSSR count). The normalized spacial score (nSPS) is 12.2. The Kier molecular flexibility index (Phi) is 4.11. The lowest BCUT2D eigenvalue weighted by molar-refractivity contribution is 0.220. The molecule has 0 fully saturated rings. The Hall–Kier alpha value is -1.23. The van der Waals surface area contributed by atoms with Gasteiger partial charge in [0.15, 0.2) is 11.5 Å². The maximum Gasteiger partial charge on any atom is 0.179 e. The molecule has 0 saturated heterocycles. The molecule has 0 saturated carbocycles. The van der Waals surface area contributed by atoms with Crippen LogP contribution >= 0.6 is 22.9 Å². The van der Waals surface area contributed by atoms with Crippen molar-refractivity contribution in [3.05, 3.63) is 45.1 Å². The van der Waals surface area contributed by atoms with Crippen LogP contribution in [0, 0.1) is 0 Å². The molecule has 0 aliphatic rings. The summed E-state index contributed by atoms with van der Waals surface area (Å²) in [6, 6.07) is 5.34. The maximum absolute atomic E-state index is 10.3. The number of hydrogen-bond donors (Lipinski definition) is 1. The van der Waals surface area contributed by atoms with Crippen molar-refractivity contribution in [3.63, 3.8) is 0 Å². The van der Waals surface area contributed by atoms with Crippen molar-refractivity contribution in [2.45, 2.75) is 6.10 Å². The highest BCUT2D eigenvalue weighted by atomic mass is 35.5. The summed E-state index contributed by atoms with van der Waals surface area (Å²) in [7, 11) is 3.06. The van der Waals surface area contributed by atoms with E-state index < -0.39 is 6.10 Å². The van der Waals surface area contributed by atoms with E-state index in [-0.39, 0.29) is 0 Å². The third-order valence-electron chi connectivity index (χ3n) is 2.67. The van der Waals surface area contributed by atoms with Gasteiger partial charge in [0, 0.05) is 5.56 Å². The smallest absolute Gasteiger partial charge is 0.179 e. The highest BCUT2D eigenvalue weighted by molar-refractivity contribution is 7.08. The van der Waals surface area contributed by atoms with Gasteiger partial charge < -0.3 is 14.6 Å². The van der Waals surface area contributed by atoms with E-state index >= 15 is 0 Å². The second kappa shape index (κ2) is 5.61. The molecule has 3 nitrogen and oxygen atoms in total. The summed E-state index contributed by atoms with van der Waals surface area (Å²) in [5, 5.41) is 14.4.